The number of nitrogens with one attached hydrogen (secondary N) is 1. The molecule has 0 bridgehead atoms. The second-order valence-corrected chi connectivity index (χ2v) is 7.69. The summed E-state index contributed by atoms with van der Waals surface area (Å²) >= 11 is 0. The summed E-state index contributed by atoms with van der Waals surface area (Å²) in [5.74, 6) is 0.293. The number of hydrogen-bond acceptors (Lipinski definition) is 4. The van der Waals surface area contributed by atoms with Gasteiger partial charge in [-0.2, -0.15) is 4.98 Å². The molecular formula is C17H28N4O2. The third-order valence-electron chi connectivity index (χ3n) is 4.37. The molecule has 1 fully saturated rings. The minimum atomic E-state index is -0.466. The maximum absolute atomic E-state index is 12.6. The van der Waals surface area contributed by atoms with Crippen LogP contribution < -0.4 is 5.69 Å². The van der Waals surface area contributed by atoms with Crippen LogP contribution in [0, 0.1) is 5.92 Å². The van der Waals surface area contributed by atoms with Crippen LogP contribution in [-0.4, -0.2) is 59.4 Å². The first-order valence-corrected chi connectivity index (χ1v) is 8.22. The van der Waals surface area contributed by atoms with Crippen molar-refractivity contribution < 1.29 is 4.79 Å². The molecule has 0 unspecified atom stereocenters. The van der Waals surface area contributed by atoms with Gasteiger partial charge in [0.25, 0.3) is 5.91 Å². The van der Waals surface area contributed by atoms with Crippen LogP contribution in [0.4, 0.5) is 0 Å². The first-order chi connectivity index (χ1) is 10.7. The first-order valence-electron chi connectivity index (χ1n) is 8.22. The Bertz CT molecular complexity index is 618. The molecule has 1 aromatic heterocycles. The number of hydrogen-bond donors (Lipinski definition) is 1. The minimum Gasteiger partial charge on any atom is -0.340 e. The lowest BCUT2D eigenvalue weighted by atomic mass is 9.91. The van der Waals surface area contributed by atoms with Crippen LogP contribution in [0.15, 0.2) is 10.9 Å². The Balaban J connectivity index is 2.13. The molecule has 0 spiro atoms. The Labute approximate surface area is 137 Å². The Kier molecular flexibility index (Phi) is 5.24. The van der Waals surface area contributed by atoms with E-state index in [1.807, 2.05) is 20.8 Å². The lowest BCUT2D eigenvalue weighted by Crippen LogP contribution is -2.40. The smallest absolute Gasteiger partial charge is 0.340 e. The van der Waals surface area contributed by atoms with Crippen molar-refractivity contribution in [3.63, 3.8) is 0 Å². The average Bonchev–Trinajstić information content (AvgIpc) is 2.44. The van der Waals surface area contributed by atoms with Gasteiger partial charge >= 0.3 is 5.69 Å². The van der Waals surface area contributed by atoms with E-state index in [1.54, 1.807) is 18.0 Å². The summed E-state index contributed by atoms with van der Waals surface area (Å²) in [5.41, 5.74) is 0.255. The SMILES string of the molecule is CN1CCC[C@H](CN(C)C(=O)c2cc(C(C)(C)C)[nH]c(=O)n2)C1. The molecule has 0 aromatic carbocycles. The summed E-state index contributed by atoms with van der Waals surface area (Å²) in [4.78, 5) is 35.0. The van der Waals surface area contributed by atoms with Gasteiger partial charge in [-0.3, -0.25) is 4.79 Å². The Morgan fingerprint density at radius 1 is 1.48 bits per heavy atom. The molecule has 0 aliphatic carbocycles. The number of carbonyl (C=O) groups is 1. The zero-order chi connectivity index (χ0) is 17.2. The van der Waals surface area contributed by atoms with E-state index in [9.17, 15) is 9.59 Å². The van der Waals surface area contributed by atoms with Crippen LogP contribution >= 0.6 is 0 Å². The highest BCUT2D eigenvalue weighted by Gasteiger charge is 2.24. The number of amides is 1. The molecule has 2 heterocycles. The topological polar surface area (TPSA) is 69.3 Å². The van der Waals surface area contributed by atoms with Crippen molar-refractivity contribution in [1.29, 1.82) is 0 Å². The van der Waals surface area contributed by atoms with E-state index < -0.39 is 5.69 Å². The van der Waals surface area contributed by atoms with Crippen LogP contribution in [0.25, 0.3) is 0 Å². The van der Waals surface area contributed by atoms with Crippen LogP contribution in [0.5, 0.6) is 0 Å². The fraction of sp³-hybridized carbons (Fsp3) is 0.706. The molecule has 128 valence electrons. The standard InChI is InChI=1S/C17H28N4O2/c1-17(2,3)14-9-13(18-16(23)19-14)15(22)21(5)11-12-7-6-8-20(4)10-12/h9,12H,6-8,10-11H2,1-5H3,(H,18,19,23)/t12-/m0/s1. The van der Waals surface area contributed by atoms with Crippen LogP contribution in [-0.2, 0) is 5.41 Å². The molecule has 1 atom stereocenters. The van der Waals surface area contributed by atoms with Crippen molar-refractivity contribution >= 4 is 5.91 Å². The molecule has 1 N–H and O–H groups in total. The van der Waals surface area contributed by atoms with Crippen molar-refractivity contribution in [3.05, 3.63) is 27.9 Å². The highest BCUT2D eigenvalue weighted by Crippen LogP contribution is 2.20. The summed E-state index contributed by atoms with van der Waals surface area (Å²) in [6.07, 6.45) is 2.30. The van der Waals surface area contributed by atoms with E-state index in [-0.39, 0.29) is 17.0 Å². The van der Waals surface area contributed by atoms with E-state index >= 15 is 0 Å². The number of nitrogens with zero attached hydrogens (tertiary/aromatic N) is 3. The highest BCUT2D eigenvalue weighted by molar-refractivity contribution is 5.92. The Morgan fingerprint density at radius 2 is 2.17 bits per heavy atom. The average molecular weight is 320 g/mol. The highest BCUT2D eigenvalue weighted by atomic mass is 16.2. The predicted octanol–water partition coefficient (Wildman–Crippen LogP) is 1.48. The van der Waals surface area contributed by atoms with E-state index in [0.717, 1.165) is 25.2 Å². The molecule has 1 aliphatic heterocycles. The number of aromatic nitrogens is 2. The van der Waals surface area contributed by atoms with Crippen molar-refractivity contribution in [1.82, 2.24) is 19.8 Å². The third-order valence-corrected chi connectivity index (χ3v) is 4.37. The second kappa shape index (κ2) is 6.83. The lowest BCUT2D eigenvalue weighted by molar-refractivity contribution is 0.0734. The number of rotatable bonds is 3. The van der Waals surface area contributed by atoms with Gasteiger partial charge in [0.1, 0.15) is 5.69 Å². The quantitative estimate of drug-likeness (QED) is 0.916. The zero-order valence-electron chi connectivity index (χ0n) is 14.8. The number of likely N-dealkylation sites (tertiary alicyclic amines) is 1. The van der Waals surface area contributed by atoms with Crippen molar-refractivity contribution in [2.75, 3.05) is 33.7 Å². The molecule has 6 heteroatoms. The predicted molar refractivity (Wildman–Crippen MR) is 90.7 cm³/mol. The summed E-state index contributed by atoms with van der Waals surface area (Å²) in [7, 11) is 3.90. The molecule has 1 aliphatic rings. The largest absolute Gasteiger partial charge is 0.345 e. The molecule has 1 amide bonds. The molecule has 2 rings (SSSR count). The van der Waals surface area contributed by atoms with Crippen LogP contribution in [0.3, 0.4) is 0 Å². The van der Waals surface area contributed by atoms with Gasteiger partial charge in [-0.05, 0) is 38.4 Å². The van der Waals surface area contributed by atoms with Crippen LogP contribution in [0.2, 0.25) is 0 Å². The summed E-state index contributed by atoms with van der Waals surface area (Å²) in [6.45, 7) is 8.81. The fourth-order valence-corrected chi connectivity index (χ4v) is 3.06. The van der Waals surface area contributed by atoms with E-state index in [4.69, 9.17) is 0 Å². The van der Waals surface area contributed by atoms with Gasteiger partial charge in [0.2, 0.25) is 0 Å². The van der Waals surface area contributed by atoms with Crippen molar-refractivity contribution in [2.45, 2.75) is 39.0 Å². The van der Waals surface area contributed by atoms with E-state index in [0.29, 0.717) is 12.5 Å². The van der Waals surface area contributed by atoms with Crippen LogP contribution in [0.1, 0.15) is 49.8 Å². The summed E-state index contributed by atoms with van der Waals surface area (Å²) < 4.78 is 0. The molecule has 23 heavy (non-hydrogen) atoms. The molecular weight excluding hydrogens is 292 g/mol. The lowest BCUT2D eigenvalue weighted by Gasteiger charge is -2.32. The van der Waals surface area contributed by atoms with Gasteiger partial charge in [0.15, 0.2) is 0 Å². The normalized spacial score (nSPS) is 19.6. The first kappa shape index (κ1) is 17.7. The third kappa shape index (κ3) is 4.64. The van der Waals surface area contributed by atoms with Gasteiger partial charge < -0.3 is 14.8 Å². The number of piperidine rings is 1. The molecule has 0 saturated carbocycles. The second-order valence-electron chi connectivity index (χ2n) is 7.69. The Hall–Kier alpha value is -1.69. The van der Waals surface area contributed by atoms with E-state index in [2.05, 4.69) is 21.9 Å². The monoisotopic (exact) mass is 320 g/mol. The number of aromatic amines is 1. The summed E-state index contributed by atoms with van der Waals surface area (Å²) in [5, 5.41) is 0. The van der Waals surface area contributed by atoms with E-state index in [1.165, 1.54) is 6.42 Å². The maximum atomic E-state index is 12.6. The number of carbonyl (C=O) groups excluding carboxylic acids is 1. The Morgan fingerprint density at radius 3 is 2.78 bits per heavy atom. The van der Waals surface area contributed by atoms with Gasteiger partial charge in [-0.15, -0.1) is 0 Å². The molecule has 0 radical (unpaired) electrons. The maximum Gasteiger partial charge on any atom is 0.345 e. The van der Waals surface area contributed by atoms with Gasteiger partial charge in [-0.25, -0.2) is 4.79 Å². The molecule has 1 saturated heterocycles. The van der Waals surface area contributed by atoms with Crippen molar-refractivity contribution in [3.8, 4) is 0 Å². The van der Waals surface area contributed by atoms with Crippen molar-refractivity contribution in [2.24, 2.45) is 5.92 Å². The van der Waals surface area contributed by atoms with Gasteiger partial charge in [-0.1, -0.05) is 20.8 Å². The number of H-pyrrole nitrogens is 1. The minimum absolute atomic E-state index is 0.185. The zero-order valence-corrected chi connectivity index (χ0v) is 14.8. The van der Waals surface area contributed by atoms with Gasteiger partial charge in [0.05, 0.1) is 0 Å². The summed E-state index contributed by atoms with van der Waals surface area (Å²) in [6, 6.07) is 1.70. The fourth-order valence-electron chi connectivity index (χ4n) is 3.06. The molecule has 1 aromatic rings. The van der Waals surface area contributed by atoms with Gasteiger partial charge in [0, 0.05) is 31.2 Å². The molecule has 6 nitrogen and oxygen atoms in total.